The topological polar surface area (TPSA) is 93.6 Å². The zero-order valence-corrected chi connectivity index (χ0v) is 6.40. The summed E-state index contributed by atoms with van der Waals surface area (Å²) in [5.74, 6) is 0.789. The molecule has 0 unspecified atom stereocenters. The summed E-state index contributed by atoms with van der Waals surface area (Å²) in [6, 6.07) is 0. The Kier molecular flexibility index (Phi) is 1.33. The summed E-state index contributed by atoms with van der Waals surface area (Å²) in [5, 5.41) is 10.0. The van der Waals surface area contributed by atoms with E-state index in [-0.39, 0.29) is 5.95 Å². The molecule has 2 heterocycles. The Bertz CT molecular complexity index is 390. The summed E-state index contributed by atoms with van der Waals surface area (Å²) in [6.07, 6.45) is 1.50. The summed E-state index contributed by atoms with van der Waals surface area (Å²) >= 11 is 0. The van der Waals surface area contributed by atoms with E-state index in [2.05, 4.69) is 20.3 Å². The molecule has 0 aromatic carbocycles. The van der Waals surface area contributed by atoms with Crippen LogP contribution in [0, 0.1) is 6.92 Å². The third-order valence-electron chi connectivity index (χ3n) is 1.51. The second kappa shape index (κ2) is 2.33. The van der Waals surface area contributed by atoms with Crippen LogP contribution in [0.1, 0.15) is 5.69 Å². The van der Waals surface area contributed by atoms with E-state index in [4.69, 9.17) is 10.3 Å². The van der Waals surface area contributed by atoms with Crippen molar-refractivity contribution < 1.29 is 4.52 Å². The molecule has 0 atom stereocenters. The molecule has 0 aliphatic carbocycles. The van der Waals surface area contributed by atoms with Gasteiger partial charge in [0.15, 0.2) is 5.82 Å². The number of hydrogen-bond acceptors (Lipinski definition) is 5. The lowest BCUT2D eigenvalue weighted by atomic mass is 10.2. The second-order valence-electron chi connectivity index (χ2n) is 2.36. The van der Waals surface area contributed by atoms with Crippen LogP contribution in [0.15, 0.2) is 10.8 Å². The highest BCUT2D eigenvalue weighted by Crippen LogP contribution is 2.17. The summed E-state index contributed by atoms with van der Waals surface area (Å²) in [7, 11) is 0. The van der Waals surface area contributed by atoms with Crippen molar-refractivity contribution >= 4 is 5.95 Å². The molecule has 2 aromatic heterocycles. The monoisotopic (exact) mass is 165 g/mol. The molecular formula is C6H7N5O. The third kappa shape index (κ3) is 0.931. The SMILES string of the molecule is Cc1nocc1-c1nc(N)n[nH]1. The molecule has 2 rings (SSSR count). The van der Waals surface area contributed by atoms with E-state index in [0.717, 1.165) is 11.3 Å². The molecule has 0 fully saturated rings. The molecule has 0 aliphatic rings. The first-order chi connectivity index (χ1) is 5.77. The molecule has 0 aliphatic heterocycles. The lowest BCUT2D eigenvalue weighted by Crippen LogP contribution is -1.85. The highest BCUT2D eigenvalue weighted by Gasteiger charge is 2.09. The molecule has 0 saturated carbocycles. The lowest BCUT2D eigenvalue weighted by Gasteiger charge is -1.86. The maximum atomic E-state index is 5.33. The molecular weight excluding hydrogens is 158 g/mol. The molecule has 0 bridgehead atoms. The van der Waals surface area contributed by atoms with Crippen LogP contribution < -0.4 is 5.73 Å². The van der Waals surface area contributed by atoms with Crippen LogP contribution in [0.25, 0.3) is 11.4 Å². The Balaban J connectivity index is 2.50. The Labute approximate surface area is 67.8 Å². The number of rotatable bonds is 1. The molecule has 3 N–H and O–H groups in total. The van der Waals surface area contributed by atoms with Gasteiger partial charge in [-0.15, -0.1) is 5.10 Å². The predicted molar refractivity (Wildman–Crippen MR) is 41.0 cm³/mol. The minimum absolute atomic E-state index is 0.214. The van der Waals surface area contributed by atoms with Crippen LogP contribution in [0.2, 0.25) is 0 Å². The van der Waals surface area contributed by atoms with Gasteiger partial charge in [0.05, 0.1) is 11.3 Å². The van der Waals surface area contributed by atoms with E-state index >= 15 is 0 Å². The van der Waals surface area contributed by atoms with E-state index in [1.54, 1.807) is 0 Å². The summed E-state index contributed by atoms with van der Waals surface area (Å²) < 4.78 is 4.73. The van der Waals surface area contributed by atoms with Crippen molar-refractivity contribution in [3.05, 3.63) is 12.0 Å². The maximum Gasteiger partial charge on any atom is 0.239 e. The highest BCUT2D eigenvalue weighted by molar-refractivity contribution is 5.56. The van der Waals surface area contributed by atoms with Crippen molar-refractivity contribution in [2.75, 3.05) is 5.73 Å². The number of hydrogen-bond donors (Lipinski definition) is 2. The average molecular weight is 165 g/mol. The lowest BCUT2D eigenvalue weighted by molar-refractivity contribution is 0.415. The number of anilines is 1. The largest absolute Gasteiger partial charge is 0.366 e. The van der Waals surface area contributed by atoms with Gasteiger partial charge in [-0.05, 0) is 6.92 Å². The zero-order chi connectivity index (χ0) is 8.55. The molecule has 62 valence electrons. The molecule has 2 aromatic rings. The van der Waals surface area contributed by atoms with Crippen LogP contribution in [-0.4, -0.2) is 20.3 Å². The number of nitrogens with zero attached hydrogens (tertiary/aromatic N) is 3. The van der Waals surface area contributed by atoms with Gasteiger partial charge in [-0.25, -0.2) is 0 Å². The van der Waals surface area contributed by atoms with Gasteiger partial charge in [0, 0.05) is 0 Å². The Hall–Kier alpha value is -1.85. The number of H-pyrrole nitrogens is 1. The van der Waals surface area contributed by atoms with Crippen molar-refractivity contribution in [3.63, 3.8) is 0 Å². The number of nitrogens with two attached hydrogens (primary N) is 1. The fourth-order valence-corrected chi connectivity index (χ4v) is 0.915. The highest BCUT2D eigenvalue weighted by atomic mass is 16.5. The number of nitrogens with one attached hydrogen (secondary N) is 1. The minimum atomic E-state index is 0.214. The zero-order valence-electron chi connectivity index (χ0n) is 6.40. The van der Waals surface area contributed by atoms with Crippen molar-refractivity contribution in [1.82, 2.24) is 20.3 Å². The number of aromatic nitrogens is 4. The van der Waals surface area contributed by atoms with Crippen LogP contribution in [0.5, 0.6) is 0 Å². The normalized spacial score (nSPS) is 10.4. The van der Waals surface area contributed by atoms with Gasteiger partial charge >= 0.3 is 0 Å². The van der Waals surface area contributed by atoms with Gasteiger partial charge in [-0.2, -0.15) is 4.98 Å². The van der Waals surface area contributed by atoms with E-state index < -0.39 is 0 Å². The van der Waals surface area contributed by atoms with Crippen molar-refractivity contribution in [2.24, 2.45) is 0 Å². The molecule has 0 saturated heterocycles. The summed E-state index contributed by atoms with van der Waals surface area (Å²) in [5.41, 5.74) is 6.86. The maximum absolute atomic E-state index is 5.33. The fraction of sp³-hybridized carbons (Fsp3) is 0.167. The van der Waals surface area contributed by atoms with Crippen LogP contribution in [-0.2, 0) is 0 Å². The van der Waals surface area contributed by atoms with E-state index in [0.29, 0.717) is 5.82 Å². The Morgan fingerprint density at radius 3 is 2.92 bits per heavy atom. The van der Waals surface area contributed by atoms with Crippen molar-refractivity contribution in [2.45, 2.75) is 6.92 Å². The molecule has 12 heavy (non-hydrogen) atoms. The van der Waals surface area contributed by atoms with E-state index in [9.17, 15) is 0 Å². The molecule has 6 nitrogen and oxygen atoms in total. The standard InChI is InChI=1S/C6H7N5O/c1-3-4(2-12-11-3)5-8-6(7)10-9-5/h2H,1H3,(H3,7,8,9,10). The van der Waals surface area contributed by atoms with Crippen LogP contribution >= 0.6 is 0 Å². The van der Waals surface area contributed by atoms with Gasteiger partial charge in [0.1, 0.15) is 6.26 Å². The summed E-state index contributed by atoms with van der Waals surface area (Å²) in [6.45, 7) is 1.82. The van der Waals surface area contributed by atoms with Gasteiger partial charge < -0.3 is 10.3 Å². The average Bonchev–Trinajstić information content (AvgIpc) is 2.58. The summed E-state index contributed by atoms with van der Waals surface area (Å²) in [4.78, 5) is 3.93. The van der Waals surface area contributed by atoms with Crippen molar-refractivity contribution in [3.8, 4) is 11.4 Å². The van der Waals surface area contributed by atoms with Crippen molar-refractivity contribution in [1.29, 1.82) is 0 Å². The third-order valence-corrected chi connectivity index (χ3v) is 1.51. The van der Waals surface area contributed by atoms with Crippen LogP contribution in [0.4, 0.5) is 5.95 Å². The quantitative estimate of drug-likeness (QED) is 0.635. The molecule has 0 radical (unpaired) electrons. The first-order valence-electron chi connectivity index (χ1n) is 3.36. The van der Waals surface area contributed by atoms with E-state index in [1.165, 1.54) is 6.26 Å². The minimum Gasteiger partial charge on any atom is -0.366 e. The first-order valence-corrected chi connectivity index (χ1v) is 3.36. The molecule has 0 amide bonds. The van der Waals surface area contributed by atoms with Gasteiger partial charge in [0.25, 0.3) is 0 Å². The van der Waals surface area contributed by atoms with Gasteiger partial charge in [-0.1, -0.05) is 5.16 Å². The van der Waals surface area contributed by atoms with E-state index in [1.807, 2.05) is 6.92 Å². The Morgan fingerprint density at radius 1 is 1.58 bits per heavy atom. The second-order valence-corrected chi connectivity index (χ2v) is 2.36. The number of nitrogen functional groups attached to an aromatic ring is 1. The number of aryl methyl sites for hydroxylation is 1. The number of aromatic amines is 1. The van der Waals surface area contributed by atoms with Crippen LogP contribution in [0.3, 0.4) is 0 Å². The van der Waals surface area contributed by atoms with Gasteiger partial charge in [0.2, 0.25) is 5.95 Å². The smallest absolute Gasteiger partial charge is 0.239 e. The van der Waals surface area contributed by atoms with Gasteiger partial charge in [-0.3, -0.25) is 5.10 Å². The Morgan fingerprint density at radius 2 is 2.42 bits per heavy atom. The predicted octanol–water partition coefficient (Wildman–Crippen LogP) is 0.350. The first kappa shape index (κ1) is 6.84. The molecule has 6 heteroatoms. The molecule has 0 spiro atoms. The fourth-order valence-electron chi connectivity index (χ4n) is 0.915.